The van der Waals surface area contributed by atoms with Crippen LogP contribution < -0.4 is 0 Å². The van der Waals surface area contributed by atoms with E-state index in [4.69, 9.17) is 19.7 Å². The highest BCUT2D eigenvalue weighted by Gasteiger charge is 2.03. The first kappa shape index (κ1) is 20.2. The maximum Gasteiger partial charge on any atom is 0.0704 e. The molecule has 1 unspecified atom stereocenters. The van der Waals surface area contributed by atoms with Crippen molar-refractivity contribution in [1.29, 1.82) is 0 Å². The molecule has 0 aromatic rings. The highest BCUT2D eigenvalue weighted by atomic mass is 16.5. The number of aliphatic hydroxyl groups excluding tert-OH is 2. The second-order valence-corrected chi connectivity index (χ2v) is 4.10. The van der Waals surface area contributed by atoms with Gasteiger partial charge in [0.1, 0.15) is 0 Å². The average Bonchev–Trinajstić information content (AvgIpc) is 2.41. The van der Waals surface area contributed by atoms with Crippen LogP contribution in [0.4, 0.5) is 0 Å². The predicted octanol–water partition coefficient (Wildman–Crippen LogP) is 2.37. The summed E-state index contributed by atoms with van der Waals surface area (Å²) in [4.78, 5) is 0. The smallest absolute Gasteiger partial charge is 0.0704 e. The standard InChI is InChI=1S/C12H26O2.C2H6O2/c1-4-7-9-13-10-11-14-12(6-3)8-5-2;3-1-2-4/h12H,4-11H2,1-3H3;3-4H,1-2H2. The fourth-order valence-electron chi connectivity index (χ4n) is 1.35. The third kappa shape index (κ3) is 18.2. The van der Waals surface area contributed by atoms with Crippen molar-refractivity contribution < 1.29 is 19.7 Å². The van der Waals surface area contributed by atoms with Gasteiger partial charge < -0.3 is 19.7 Å². The van der Waals surface area contributed by atoms with Crippen molar-refractivity contribution in [3.05, 3.63) is 0 Å². The molecular weight excluding hydrogens is 232 g/mol. The lowest BCUT2D eigenvalue weighted by Gasteiger charge is -2.14. The van der Waals surface area contributed by atoms with E-state index in [0.29, 0.717) is 6.10 Å². The molecule has 112 valence electrons. The van der Waals surface area contributed by atoms with E-state index in [1.54, 1.807) is 0 Å². The first-order valence-electron chi connectivity index (χ1n) is 7.17. The highest BCUT2D eigenvalue weighted by Crippen LogP contribution is 2.05. The van der Waals surface area contributed by atoms with Crippen LogP contribution in [0.2, 0.25) is 0 Å². The lowest BCUT2D eigenvalue weighted by atomic mass is 10.2. The molecule has 0 aliphatic heterocycles. The Bertz CT molecular complexity index is 129. The molecular formula is C14H32O4. The van der Waals surface area contributed by atoms with E-state index in [9.17, 15) is 0 Å². The molecule has 0 saturated carbocycles. The van der Waals surface area contributed by atoms with Crippen LogP contribution in [0.1, 0.15) is 52.9 Å². The van der Waals surface area contributed by atoms with E-state index < -0.39 is 0 Å². The van der Waals surface area contributed by atoms with E-state index in [0.717, 1.165) is 32.7 Å². The molecule has 0 rings (SSSR count). The molecule has 0 spiro atoms. The normalized spacial score (nSPS) is 11.8. The fraction of sp³-hybridized carbons (Fsp3) is 1.00. The van der Waals surface area contributed by atoms with Gasteiger partial charge in [-0.1, -0.05) is 33.6 Å². The van der Waals surface area contributed by atoms with Gasteiger partial charge in [-0.3, -0.25) is 0 Å². The zero-order valence-corrected chi connectivity index (χ0v) is 12.4. The largest absolute Gasteiger partial charge is 0.394 e. The molecule has 4 heteroatoms. The zero-order chi connectivity index (χ0) is 14.1. The molecule has 2 N–H and O–H groups in total. The Morgan fingerprint density at radius 1 is 0.889 bits per heavy atom. The molecule has 0 aromatic carbocycles. The van der Waals surface area contributed by atoms with Gasteiger partial charge in [0.15, 0.2) is 0 Å². The van der Waals surface area contributed by atoms with Gasteiger partial charge in [0, 0.05) is 6.61 Å². The van der Waals surface area contributed by atoms with Gasteiger partial charge >= 0.3 is 0 Å². The van der Waals surface area contributed by atoms with Crippen LogP contribution in [-0.2, 0) is 9.47 Å². The SMILES string of the molecule is CCCCOCCOC(CC)CCC.OCCO. The van der Waals surface area contributed by atoms with Crippen molar-refractivity contribution in [2.24, 2.45) is 0 Å². The molecule has 4 nitrogen and oxygen atoms in total. The number of aliphatic hydroxyl groups is 2. The van der Waals surface area contributed by atoms with Crippen LogP contribution >= 0.6 is 0 Å². The van der Waals surface area contributed by atoms with Gasteiger partial charge in [-0.05, 0) is 19.3 Å². The third-order valence-corrected chi connectivity index (χ3v) is 2.39. The monoisotopic (exact) mass is 264 g/mol. The van der Waals surface area contributed by atoms with Crippen molar-refractivity contribution in [3.63, 3.8) is 0 Å². The lowest BCUT2D eigenvalue weighted by molar-refractivity contribution is -0.000778. The molecule has 0 saturated heterocycles. The molecule has 0 aliphatic carbocycles. The van der Waals surface area contributed by atoms with Gasteiger partial charge in [0.05, 0.1) is 32.5 Å². The highest BCUT2D eigenvalue weighted by molar-refractivity contribution is 4.53. The van der Waals surface area contributed by atoms with Crippen molar-refractivity contribution >= 4 is 0 Å². The first-order valence-corrected chi connectivity index (χ1v) is 7.17. The van der Waals surface area contributed by atoms with Gasteiger partial charge in [0.25, 0.3) is 0 Å². The summed E-state index contributed by atoms with van der Waals surface area (Å²) in [7, 11) is 0. The topological polar surface area (TPSA) is 58.9 Å². The summed E-state index contributed by atoms with van der Waals surface area (Å²) in [6.45, 7) is 8.68. The maximum absolute atomic E-state index is 7.62. The Balaban J connectivity index is 0. The summed E-state index contributed by atoms with van der Waals surface area (Å²) >= 11 is 0. The minimum Gasteiger partial charge on any atom is -0.394 e. The van der Waals surface area contributed by atoms with Gasteiger partial charge in [-0.2, -0.15) is 0 Å². The molecule has 0 bridgehead atoms. The summed E-state index contributed by atoms with van der Waals surface area (Å²) in [6.07, 6.45) is 6.29. The quantitative estimate of drug-likeness (QED) is 0.562. The fourth-order valence-corrected chi connectivity index (χ4v) is 1.35. The lowest BCUT2D eigenvalue weighted by Crippen LogP contribution is -2.15. The van der Waals surface area contributed by atoms with Crippen molar-refractivity contribution in [2.75, 3.05) is 33.0 Å². The second kappa shape index (κ2) is 19.2. The first-order chi connectivity index (χ1) is 8.76. The molecule has 0 fully saturated rings. The number of ether oxygens (including phenoxy) is 2. The van der Waals surface area contributed by atoms with Crippen molar-refractivity contribution in [1.82, 2.24) is 0 Å². The van der Waals surface area contributed by atoms with Gasteiger partial charge in [-0.25, -0.2) is 0 Å². The number of hydrogen-bond acceptors (Lipinski definition) is 4. The van der Waals surface area contributed by atoms with Gasteiger partial charge in [-0.15, -0.1) is 0 Å². The van der Waals surface area contributed by atoms with Crippen LogP contribution in [0.15, 0.2) is 0 Å². The Morgan fingerprint density at radius 3 is 2.00 bits per heavy atom. The Morgan fingerprint density at radius 2 is 1.56 bits per heavy atom. The Hall–Kier alpha value is -0.160. The van der Waals surface area contributed by atoms with E-state index in [-0.39, 0.29) is 13.2 Å². The number of hydrogen-bond donors (Lipinski definition) is 2. The third-order valence-electron chi connectivity index (χ3n) is 2.39. The van der Waals surface area contributed by atoms with E-state index in [1.807, 2.05) is 0 Å². The van der Waals surface area contributed by atoms with E-state index in [1.165, 1.54) is 19.3 Å². The molecule has 0 aliphatic rings. The minimum atomic E-state index is -0.125. The number of unbranched alkanes of at least 4 members (excludes halogenated alkanes) is 1. The van der Waals surface area contributed by atoms with Crippen LogP contribution in [0.25, 0.3) is 0 Å². The van der Waals surface area contributed by atoms with Crippen LogP contribution in [-0.4, -0.2) is 49.4 Å². The summed E-state index contributed by atoms with van der Waals surface area (Å²) in [5, 5.41) is 15.2. The molecule has 0 aromatic heterocycles. The second-order valence-electron chi connectivity index (χ2n) is 4.10. The number of rotatable bonds is 11. The molecule has 0 heterocycles. The molecule has 0 amide bonds. The summed E-state index contributed by atoms with van der Waals surface area (Å²) in [5.74, 6) is 0. The summed E-state index contributed by atoms with van der Waals surface area (Å²) < 4.78 is 11.1. The summed E-state index contributed by atoms with van der Waals surface area (Å²) in [5.41, 5.74) is 0. The van der Waals surface area contributed by atoms with Crippen molar-refractivity contribution in [3.8, 4) is 0 Å². The minimum absolute atomic E-state index is 0.125. The van der Waals surface area contributed by atoms with Gasteiger partial charge in [0.2, 0.25) is 0 Å². The zero-order valence-electron chi connectivity index (χ0n) is 12.4. The van der Waals surface area contributed by atoms with E-state index in [2.05, 4.69) is 20.8 Å². The summed E-state index contributed by atoms with van der Waals surface area (Å²) in [6, 6.07) is 0. The van der Waals surface area contributed by atoms with Crippen molar-refractivity contribution in [2.45, 2.75) is 59.0 Å². The van der Waals surface area contributed by atoms with Crippen LogP contribution in [0, 0.1) is 0 Å². The molecule has 18 heavy (non-hydrogen) atoms. The Kier molecular flexibility index (Phi) is 21.5. The Labute approximate surface area is 112 Å². The predicted molar refractivity (Wildman–Crippen MR) is 74.8 cm³/mol. The average molecular weight is 264 g/mol. The van der Waals surface area contributed by atoms with Crippen LogP contribution in [0.3, 0.4) is 0 Å². The van der Waals surface area contributed by atoms with E-state index >= 15 is 0 Å². The maximum atomic E-state index is 7.62. The molecule has 0 radical (unpaired) electrons. The van der Waals surface area contributed by atoms with Crippen LogP contribution in [0.5, 0.6) is 0 Å². The molecule has 1 atom stereocenters.